The lowest BCUT2D eigenvalue weighted by molar-refractivity contribution is -0.148. The van der Waals surface area contributed by atoms with Crippen LogP contribution in [0.25, 0.3) is 0 Å². The highest BCUT2D eigenvalue weighted by atomic mass is 31.2. The molecule has 1 aromatic carbocycles. The van der Waals surface area contributed by atoms with E-state index in [0.29, 0.717) is 5.56 Å². The maximum absolute atomic E-state index is 12.1. The normalized spacial score (nSPS) is 11.7. The Morgan fingerprint density at radius 1 is 1.13 bits per heavy atom. The summed E-state index contributed by atoms with van der Waals surface area (Å²) in [5, 5.41) is 0. The van der Waals surface area contributed by atoms with Gasteiger partial charge in [0.05, 0.1) is 11.5 Å². The van der Waals surface area contributed by atoms with Crippen LogP contribution in [-0.2, 0) is 20.7 Å². The molecule has 0 bridgehead atoms. The van der Waals surface area contributed by atoms with Crippen LogP contribution in [0.2, 0.25) is 0 Å². The maximum Gasteiger partial charge on any atom is 0.524 e. The molecule has 8 heteroatoms. The van der Waals surface area contributed by atoms with Crippen molar-refractivity contribution in [1.29, 1.82) is 0 Å². The zero-order valence-corrected chi connectivity index (χ0v) is 14.4. The minimum atomic E-state index is -4.82. The first-order valence-electron chi connectivity index (χ1n) is 7.10. The highest BCUT2D eigenvalue weighted by molar-refractivity contribution is 7.46. The number of esters is 1. The molecule has 0 fully saturated rings. The number of Topliss-reactive ketones (excluding diaryl/α,β-unsaturated/α-hetero) is 1. The number of rotatable bonds is 7. The summed E-state index contributed by atoms with van der Waals surface area (Å²) in [6, 6.07) is 4.25. The number of ketones is 1. The van der Waals surface area contributed by atoms with Crippen LogP contribution in [0.5, 0.6) is 5.75 Å². The average Bonchev–Trinajstić information content (AvgIpc) is 2.42. The molecule has 0 aliphatic carbocycles. The Balaban J connectivity index is 3.09. The topological polar surface area (TPSA) is 110 Å². The molecule has 23 heavy (non-hydrogen) atoms. The molecule has 7 nitrogen and oxygen atoms in total. The Morgan fingerprint density at radius 3 is 2.22 bits per heavy atom. The lowest BCUT2D eigenvalue weighted by atomic mass is 9.99. The van der Waals surface area contributed by atoms with Crippen molar-refractivity contribution in [1.82, 2.24) is 0 Å². The molecule has 0 saturated heterocycles. The van der Waals surface area contributed by atoms with Gasteiger partial charge in [0.25, 0.3) is 0 Å². The number of ether oxygens (including phenoxy) is 1. The molecular formula is C15H21O7P. The van der Waals surface area contributed by atoms with Crippen molar-refractivity contribution in [3.63, 3.8) is 0 Å². The highest BCUT2D eigenvalue weighted by Gasteiger charge is 2.23. The Bertz CT molecular complexity index is 631. The van der Waals surface area contributed by atoms with Crippen molar-refractivity contribution < 1.29 is 33.2 Å². The van der Waals surface area contributed by atoms with Gasteiger partial charge in [0.2, 0.25) is 0 Å². The molecule has 0 amide bonds. The molecule has 0 spiro atoms. The highest BCUT2D eigenvalue weighted by Crippen LogP contribution is 2.40. The molecule has 0 unspecified atom stereocenters. The molecule has 0 radical (unpaired) electrons. The van der Waals surface area contributed by atoms with Crippen LogP contribution < -0.4 is 4.52 Å². The Labute approximate surface area is 134 Å². The summed E-state index contributed by atoms with van der Waals surface area (Å²) >= 11 is 0. The number of phosphoric ester groups is 1. The third-order valence-electron chi connectivity index (χ3n) is 2.91. The van der Waals surface area contributed by atoms with Crippen molar-refractivity contribution in [2.75, 3.05) is 0 Å². The average molecular weight is 344 g/mol. The third kappa shape index (κ3) is 6.14. The van der Waals surface area contributed by atoms with Crippen molar-refractivity contribution in [2.45, 2.75) is 34.3 Å². The van der Waals surface area contributed by atoms with Crippen LogP contribution in [0.3, 0.4) is 0 Å². The minimum absolute atomic E-state index is 0.0715. The van der Waals surface area contributed by atoms with Gasteiger partial charge in [0, 0.05) is 5.92 Å². The number of hydrogen-bond donors (Lipinski definition) is 2. The van der Waals surface area contributed by atoms with Gasteiger partial charge in [-0.1, -0.05) is 33.8 Å². The van der Waals surface area contributed by atoms with Crippen molar-refractivity contribution in [3.8, 4) is 5.75 Å². The Morgan fingerprint density at radius 2 is 1.74 bits per heavy atom. The van der Waals surface area contributed by atoms with E-state index in [4.69, 9.17) is 14.5 Å². The molecule has 2 N–H and O–H groups in total. The maximum atomic E-state index is 12.1. The van der Waals surface area contributed by atoms with Crippen LogP contribution in [0.1, 0.15) is 43.6 Å². The first-order chi connectivity index (χ1) is 10.5. The van der Waals surface area contributed by atoms with Gasteiger partial charge in [-0.15, -0.1) is 0 Å². The van der Waals surface area contributed by atoms with E-state index in [1.54, 1.807) is 33.8 Å². The Kier molecular flexibility index (Phi) is 6.50. The van der Waals surface area contributed by atoms with Gasteiger partial charge in [-0.05, 0) is 17.7 Å². The van der Waals surface area contributed by atoms with Gasteiger partial charge in [0.15, 0.2) is 5.78 Å². The van der Waals surface area contributed by atoms with E-state index in [9.17, 15) is 14.2 Å². The molecule has 1 aromatic rings. The number of carbonyl (C=O) groups is 2. The second-order valence-corrected chi connectivity index (χ2v) is 6.86. The summed E-state index contributed by atoms with van der Waals surface area (Å²) in [6.45, 7) is 6.64. The van der Waals surface area contributed by atoms with E-state index >= 15 is 0 Å². The van der Waals surface area contributed by atoms with Gasteiger partial charge < -0.3 is 9.26 Å². The van der Waals surface area contributed by atoms with Crippen molar-refractivity contribution in [2.24, 2.45) is 11.8 Å². The number of carbonyl (C=O) groups excluding carboxylic acids is 2. The Hall–Kier alpha value is -1.69. The van der Waals surface area contributed by atoms with Crippen LogP contribution in [-0.4, -0.2) is 21.5 Å². The van der Waals surface area contributed by atoms with Gasteiger partial charge >= 0.3 is 13.8 Å². The zero-order valence-electron chi connectivity index (χ0n) is 13.5. The summed E-state index contributed by atoms with van der Waals surface area (Å²) < 4.78 is 20.7. The van der Waals surface area contributed by atoms with Crippen LogP contribution in [0.15, 0.2) is 18.2 Å². The molecule has 0 aliphatic heterocycles. The number of benzene rings is 1. The SMILES string of the molecule is CC(C)C(=O)OCc1ccc(C(=O)C(C)C)c(OP(=O)(O)O)c1. The molecule has 0 heterocycles. The molecule has 0 atom stereocenters. The number of hydrogen-bond acceptors (Lipinski definition) is 5. The van der Waals surface area contributed by atoms with E-state index < -0.39 is 13.8 Å². The first-order valence-corrected chi connectivity index (χ1v) is 8.63. The molecule has 0 aliphatic rings. The fourth-order valence-electron chi connectivity index (χ4n) is 1.70. The van der Waals surface area contributed by atoms with Crippen LogP contribution in [0, 0.1) is 11.8 Å². The van der Waals surface area contributed by atoms with Gasteiger partial charge in [-0.3, -0.25) is 19.4 Å². The zero-order chi connectivity index (χ0) is 17.8. The van der Waals surface area contributed by atoms with E-state index in [1.165, 1.54) is 12.1 Å². The van der Waals surface area contributed by atoms with E-state index in [2.05, 4.69) is 4.52 Å². The monoisotopic (exact) mass is 344 g/mol. The molecular weight excluding hydrogens is 323 g/mol. The smallest absolute Gasteiger partial charge is 0.461 e. The summed E-state index contributed by atoms with van der Waals surface area (Å²) in [5.74, 6) is -1.58. The minimum Gasteiger partial charge on any atom is -0.461 e. The standard InChI is InChI=1S/C15H21O7P/c1-9(2)14(16)12-6-5-11(8-21-15(17)10(3)4)7-13(12)22-23(18,19)20/h5-7,9-10H,8H2,1-4H3,(H2,18,19,20). The lowest BCUT2D eigenvalue weighted by Gasteiger charge is -2.14. The largest absolute Gasteiger partial charge is 0.524 e. The van der Waals surface area contributed by atoms with Gasteiger partial charge in [-0.2, -0.15) is 0 Å². The van der Waals surface area contributed by atoms with Gasteiger partial charge in [-0.25, -0.2) is 4.57 Å². The molecule has 1 rings (SSSR count). The fourth-order valence-corrected chi connectivity index (χ4v) is 2.10. The quantitative estimate of drug-likeness (QED) is 0.444. The van der Waals surface area contributed by atoms with E-state index in [-0.39, 0.29) is 35.5 Å². The number of phosphoric acid groups is 1. The second-order valence-electron chi connectivity index (χ2n) is 5.69. The summed E-state index contributed by atoms with van der Waals surface area (Å²) in [7, 11) is -4.82. The van der Waals surface area contributed by atoms with Crippen LogP contribution in [0.4, 0.5) is 0 Å². The summed E-state index contributed by atoms with van der Waals surface area (Å²) in [5.41, 5.74) is 0.532. The fraction of sp³-hybridized carbons (Fsp3) is 0.467. The van der Waals surface area contributed by atoms with Gasteiger partial charge in [0.1, 0.15) is 12.4 Å². The van der Waals surface area contributed by atoms with Crippen molar-refractivity contribution in [3.05, 3.63) is 29.3 Å². The predicted octanol–water partition coefficient (Wildman–Crippen LogP) is 2.70. The van der Waals surface area contributed by atoms with Crippen LogP contribution >= 0.6 is 7.82 Å². The summed E-state index contributed by atoms with van der Waals surface area (Å²) in [6.07, 6.45) is 0. The van der Waals surface area contributed by atoms with Crippen molar-refractivity contribution >= 4 is 19.6 Å². The summed E-state index contributed by atoms with van der Waals surface area (Å²) in [4.78, 5) is 41.5. The molecule has 128 valence electrons. The van der Waals surface area contributed by atoms with E-state index in [0.717, 1.165) is 0 Å². The second kappa shape index (κ2) is 7.73. The molecule has 0 aromatic heterocycles. The first kappa shape index (κ1) is 19.4. The lowest BCUT2D eigenvalue weighted by Crippen LogP contribution is -2.12. The predicted molar refractivity (Wildman–Crippen MR) is 82.9 cm³/mol. The third-order valence-corrected chi connectivity index (χ3v) is 3.34. The van der Waals surface area contributed by atoms with E-state index in [1.807, 2.05) is 0 Å². The molecule has 0 saturated carbocycles.